The second-order valence-electron chi connectivity index (χ2n) is 3.72. The van der Waals surface area contributed by atoms with Crippen LogP contribution in [0.5, 0.6) is 0 Å². The lowest BCUT2D eigenvalue weighted by Crippen LogP contribution is -2.00. The molecular formula is C13H8Br2S. The monoisotopic (exact) mass is 354 g/mol. The molecule has 2 aromatic rings. The molecule has 0 saturated carbocycles. The number of hydrogen-bond acceptors (Lipinski definition) is 1. The molecule has 0 fully saturated rings. The fraction of sp³-hybridized carbons (Fsp3) is 0.0769. The summed E-state index contributed by atoms with van der Waals surface area (Å²) < 4.78 is 2.32. The Kier molecular flexibility index (Phi) is 2.86. The maximum Gasteiger partial charge on any atom is 0.0364 e. The van der Waals surface area contributed by atoms with Crippen molar-refractivity contribution in [3.63, 3.8) is 0 Å². The van der Waals surface area contributed by atoms with Crippen LogP contribution in [-0.2, 0) is 6.42 Å². The van der Waals surface area contributed by atoms with Crippen LogP contribution in [0.3, 0.4) is 0 Å². The van der Waals surface area contributed by atoms with Crippen molar-refractivity contribution >= 4 is 43.6 Å². The van der Waals surface area contributed by atoms with Crippen molar-refractivity contribution < 1.29 is 0 Å². The predicted molar refractivity (Wildman–Crippen MR) is 75.2 cm³/mol. The Balaban J connectivity index is 2.16. The van der Waals surface area contributed by atoms with Gasteiger partial charge in [0.1, 0.15) is 0 Å². The van der Waals surface area contributed by atoms with Crippen LogP contribution in [-0.4, -0.2) is 0 Å². The third-order valence-corrected chi connectivity index (χ3v) is 6.03. The first-order valence-corrected chi connectivity index (χ1v) is 7.38. The molecule has 2 aromatic carbocycles. The molecule has 16 heavy (non-hydrogen) atoms. The standard InChI is InChI=1S/C13H8Br2S/c14-10-5-6-12-9(13(10)15)7-8-3-1-2-4-11(8)16-12/h1-6H,7H2. The molecule has 0 radical (unpaired) electrons. The maximum absolute atomic E-state index is 3.66. The predicted octanol–water partition coefficient (Wildman–Crippen LogP) is 5.27. The summed E-state index contributed by atoms with van der Waals surface area (Å²) in [6.45, 7) is 0. The van der Waals surface area contributed by atoms with E-state index in [1.165, 1.54) is 25.4 Å². The average Bonchev–Trinajstić information content (AvgIpc) is 2.32. The molecule has 0 aliphatic carbocycles. The van der Waals surface area contributed by atoms with Gasteiger partial charge in [-0.15, -0.1) is 0 Å². The van der Waals surface area contributed by atoms with Crippen molar-refractivity contribution in [2.45, 2.75) is 16.2 Å². The molecule has 1 aliphatic heterocycles. The van der Waals surface area contributed by atoms with Crippen LogP contribution in [0, 0.1) is 0 Å². The van der Waals surface area contributed by atoms with Gasteiger partial charge in [-0.3, -0.25) is 0 Å². The van der Waals surface area contributed by atoms with Crippen molar-refractivity contribution in [1.82, 2.24) is 0 Å². The van der Waals surface area contributed by atoms with E-state index in [0.717, 1.165) is 10.9 Å². The van der Waals surface area contributed by atoms with Crippen LogP contribution in [0.25, 0.3) is 0 Å². The third-order valence-electron chi connectivity index (χ3n) is 2.71. The van der Waals surface area contributed by atoms with Gasteiger partial charge in [-0.1, -0.05) is 30.0 Å². The van der Waals surface area contributed by atoms with Gasteiger partial charge in [-0.25, -0.2) is 0 Å². The SMILES string of the molecule is Brc1ccc2c(c1Br)Cc1ccccc1S2. The molecule has 3 rings (SSSR count). The topological polar surface area (TPSA) is 0 Å². The van der Waals surface area contributed by atoms with Crippen molar-refractivity contribution in [3.05, 3.63) is 56.5 Å². The highest BCUT2D eigenvalue weighted by Gasteiger charge is 2.18. The highest BCUT2D eigenvalue weighted by molar-refractivity contribution is 9.13. The lowest BCUT2D eigenvalue weighted by Gasteiger charge is -2.20. The quantitative estimate of drug-likeness (QED) is 0.529. The summed E-state index contributed by atoms with van der Waals surface area (Å²) >= 11 is 9.07. The second-order valence-corrected chi connectivity index (χ2v) is 6.46. The van der Waals surface area contributed by atoms with Crippen molar-refractivity contribution in [2.24, 2.45) is 0 Å². The molecule has 0 N–H and O–H groups in total. The molecule has 0 bridgehead atoms. The fourth-order valence-corrected chi connectivity index (χ4v) is 3.97. The van der Waals surface area contributed by atoms with Gasteiger partial charge < -0.3 is 0 Å². The minimum Gasteiger partial charge on any atom is -0.0895 e. The Labute approximate surface area is 116 Å². The molecule has 80 valence electrons. The van der Waals surface area contributed by atoms with Gasteiger partial charge in [-0.2, -0.15) is 0 Å². The first-order chi connectivity index (χ1) is 7.75. The Bertz CT molecular complexity index is 564. The van der Waals surface area contributed by atoms with Crippen LogP contribution < -0.4 is 0 Å². The number of benzene rings is 2. The Morgan fingerprint density at radius 1 is 0.938 bits per heavy atom. The first-order valence-electron chi connectivity index (χ1n) is 4.98. The minimum atomic E-state index is 1.01. The molecule has 0 unspecified atom stereocenters. The average molecular weight is 356 g/mol. The van der Waals surface area contributed by atoms with Gasteiger partial charge in [-0.05, 0) is 61.2 Å². The Morgan fingerprint density at radius 3 is 2.62 bits per heavy atom. The number of halogens is 2. The molecule has 1 heterocycles. The van der Waals surface area contributed by atoms with Gasteiger partial charge in [0.25, 0.3) is 0 Å². The summed E-state index contributed by atoms with van der Waals surface area (Å²) in [4.78, 5) is 2.73. The van der Waals surface area contributed by atoms with E-state index < -0.39 is 0 Å². The van der Waals surface area contributed by atoms with Gasteiger partial charge in [0.05, 0.1) is 0 Å². The van der Waals surface area contributed by atoms with Crippen LogP contribution in [0.2, 0.25) is 0 Å². The summed E-state index contributed by atoms with van der Waals surface area (Å²) in [5.41, 5.74) is 2.80. The molecule has 1 aliphatic rings. The molecule has 0 saturated heterocycles. The third kappa shape index (κ3) is 1.75. The van der Waals surface area contributed by atoms with E-state index >= 15 is 0 Å². The summed E-state index contributed by atoms with van der Waals surface area (Å²) in [6.07, 6.45) is 1.01. The molecule has 0 aromatic heterocycles. The van der Waals surface area contributed by atoms with E-state index in [4.69, 9.17) is 0 Å². The molecule has 0 amide bonds. The normalized spacial score (nSPS) is 13.1. The van der Waals surface area contributed by atoms with E-state index in [1.807, 2.05) is 11.8 Å². The number of fused-ring (bicyclic) bond motifs is 2. The van der Waals surface area contributed by atoms with Crippen molar-refractivity contribution in [2.75, 3.05) is 0 Å². The minimum absolute atomic E-state index is 1.01. The van der Waals surface area contributed by atoms with E-state index in [9.17, 15) is 0 Å². The van der Waals surface area contributed by atoms with Gasteiger partial charge in [0, 0.05) is 25.2 Å². The Hall–Kier alpha value is -0.250. The number of hydrogen-bond donors (Lipinski definition) is 0. The lowest BCUT2D eigenvalue weighted by atomic mass is 10.0. The maximum atomic E-state index is 3.66. The molecule has 0 nitrogen and oxygen atoms in total. The fourth-order valence-electron chi connectivity index (χ4n) is 1.89. The van der Waals surface area contributed by atoms with Gasteiger partial charge in [0.2, 0.25) is 0 Å². The zero-order valence-electron chi connectivity index (χ0n) is 8.34. The van der Waals surface area contributed by atoms with E-state index in [-0.39, 0.29) is 0 Å². The number of rotatable bonds is 0. The summed E-state index contributed by atoms with van der Waals surface area (Å²) in [5.74, 6) is 0. The van der Waals surface area contributed by atoms with E-state index in [0.29, 0.717) is 0 Å². The summed E-state index contributed by atoms with van der Waals surface area (Å²) in [6, 6.07) is 12.9. The van der Waals surface area contributed by atoms with Crippen LogP contribution in [0.15, 0.2) is 55.1 Å². The molecule has 0 atom stereocenters. The van der Waals surface area contributed by atoms with E-state index in [2.05, 4.69) is 68.3 Å². The molecular weight excluding hydrogens is 348 g/mol. The highest BCUT2D eigenvalue weighted by atomic mass is 79.9. The van der Waals surface area contributed by atoms with Crippen molar-refractivity contribution in [3.8, 4) is 0 Å². The molecule has 0 spiro atoms. The van der Waals surface area contributed by atoms with Crippen LogP contribution >= 0.6 is 43.6 Å². The molecule has 3 heteroatoms. The van der Waals surface area contributed by atoms with Crippen LogP contribution in [0.1, 0.15) is 11.1 Å². The van der Waals surface area contributed by atoms with Crippen molar-refractivity contribution in [1.29, 1.82) is 0 Å². The summed E-state index contributed by atoms with van der Waals surface area (Å²) in [5, 5.41) is 0. The first kappa shape index (κ1) is 10.9. The van der Waals surface area contributed by atoms with E-state index in [1.54, 1.807) is 0 Å². The Morgan fingerprint density at radius 2 is 1.75 bits per heavy atom. The van der Waals surface area contributed by atoms with Gasteiger partial charge >= 0.3 is 0 Å². The second kappa shape index (κ2) is 4.21. The highest BCUT2D eigenvalue weighted by Crippen LogP contribution is 2.43. The van der Waals surface area contributed by atoms with Crippen LogP contribution in [0.4, 0.5) is 0 Å². The lowest BCUT2D eigenvalue weighted by molar-refractivity contribution is 1.04. The summed E-state index contributed by atoms with van der Waals surface area (Å²) in [7, 11) is 0. The van der Waals surface area contributed by atoms with Gasteiger partial charge in [0.15, 0.2) is 0 Å². The largest absolute Gasteiger partial charge is 0.0895 e. The zero-order valence-corrected chi connectivity index (χ0v) is 12.3. The zero-order chi connectivity index (χ0) is 11.1. The smallest absolute Gasteiger partial charge is 0.0364 e.